The number of aromatic nitrogens is 2. The van der Waals surface area contributed by atoms with E-state index in [1.807, 2.05) is 60.7 Å². The lowest BCUT2D eigenvalue weighted by Gasteiger charge is -2.08. The van der Waals surface area contributed by atoms with Gasteiger partial charge in [0, 0.05) is 22.0 Å². The van der Waals surface area contributed by atoms with Crippen LogP contribution in [0.2, 0.25) is 0 Å². The highest BCUT2D eigenvalue weighted by Gasteiger charge is 2.10. The first-order valence-electron chi connectivity index (χ1n) is 8.16. The number of nitrogens with zero attached hydrogens (tertiary/aromatic N) is 1. The van der Waals surface area contributed by atoms with E-state index in [1.54, 1.807) is 0 Å². The van der Waals surface area contributed by atoms with Crippen LogP contribution in [0.25, 0.3) is 32.0 Å². The molecular formula is C20H14N4OS. The van der Waals surface area contributed by atoms with E-state index in [2.05, 4.69) is 15.3 Å². The Morgan fingerprint density at radius 1 is 1.00 bits per heavy atom. The maximum Gasteiger partial charge on any atom is 0.197 e. The molecule has 0 unspecified atom stereocenters. The van der Waals surface area contributed by atoms with E-state index in [-0.39, 0.29) is 5.43 Å². The van der Waals surface area contributed by atoms with Crippen LogP contribution < -0.4 is 16.5 Å². The topological polar surface area (TPSA) is 83.8 Å². The molecule has 5 aromatic rings. The maximum atomic E-state index is 12.8. The number of aromatic amines is 1. The van der Waals surface area contributed by atoms with Gasteiger partial charge in [0.05, 0.1) is 21.4 Å². The van der Waals surface area contributed by atoms with Crippen LogP contribution in [0.3, 0.4) is 0 Å². The van der Waals surface area contributed by atoms with Gasteiger partial charge in [-0.05, 0) is 42.5 Å². The van der Waals surface area contributed by atoms with Gasteiger partial charge in [-0.1, -0.05) is 29.5 Å². The quantitative estimate of drug-likeness (QED) is 0.318. The fourth-order valence-corrected chi connectivity index (χ4v) is 4.09. The van der Waals surface area contributed by atoms with Crippen LogP contribution in [0.1, 0.15) is 0 Å². The molecule has 2 aromatic heterocycles. The third kappa shape index (κ3) is 2.31. The molecule has 0 fully saturated rings. The van der Waals surface area contributed by atoms with Crippen molar-refractivity contribution < 1.29 is 0 Å². The molecule has 2 heterocycles. The summed E-state index contributed by atoms with van der Waals surface area (Å²) in [5.74, 6) is 0. The molecule has 26 heavy (non-hydrogen) atoms. The zero-order valence-electron chi connectivity index (χ0n) is 13.6. The van der Waals surface area contributed by atoms with Gasteiger partial charge >= 0.3 is 0 Å². The highest BCUT2D eigenvalue weighted by molar-refractivity contribution is 7.22. The van der Waals surface area contributed by atoms with E-state index in [0.717, 1.165) is 32.1 Å². The number of rotatable bonds is 2. The van der Waals surface area contributed by atoms with Crippen LogP contribution in [0.5, 0.6) is 0 Å². The average molecular weight is 358 g/mol. The second-order valence-corrected chi connectivity index (χ2v) is 7.13. The number of nitrogens with one attached hydrogen (secondary N) is 2. The Bertz CT molecular complexity index is 1350. The molecule has 0 bridgehead atoms. The minimum Gasteiger partial charge on any atom is -0.399 e. The zero-order valence-corrected chi connectivity index (χ0v) is 14.4. The Hall–Kier alpha value is -3.38. The summed E-state index contributed by atoms with van der Waals surface area (Å²) in [6, 6.07) is 18.8. The average Bonchev–Trinajstić information content (AvgIpc) is 3.04. The number of hydrogen-bond acceptors (Lipinski definition) is 5. The smallest absolute Gasteiger partial charge is 0.197 e. The van der Waals surface area contributed by atoms with Gasteiger partial charge in [0.25, 0.3) is 0 Å². The summed E-state index contributed by atoms with van der Waals surface area (Å²) >= 11 is 1.53. The lowest BCUT2D eigenvalue weighted by molar-refractivity contribution is 1.43. The third-order valence-corrected chi connectivity index (χ3v) is 5.33. The SMILES string of the molecule is Nc1ccc2nc(Nc3cccc4c(=O)c5ccccc5[nH]c34)sc2c1. The van der Waals surface area contributed by atoms with Crippen molar-refractivity contribution in [3.63, 3.8) is 0 Å². The van der Waals surface area contributed by atoms with Gasteiger partial charge < -0.3 is 16.0 Å². The van der Waals surface area contributed by atoms with Crippen LogP contribution >= 0.6 is 11.3 Å². The van der Waals surface area contributed by atoms with Crippen molar-refractivity contribution in [3.8, 4) is 0 Å². The van der Waals surface area contributed by atoms with E-state index in [0.29, 0.717) is 16.5 Å². The summed E-state index contributed by atoms with van der Waals surface area (Å²) in [5, 5.41) is 5.44. The molecule has 3 aromatic carbocycles. The Morgan fingerprint density at radius 3 is 2.77 bits per heavy atom. The van der Waals surface area contributed by atoms with E-state index in [4.69, 9.17) is 5.73 Å². The van der Waals surface area contributed by atoms with Crippen molar-refractivity contribution in [3.05, 3.63) is 70.9 Å². The molecule has 0 saturated carbocycles. The summed E-state index contributed by atoms with van der Waals surface area (Å²) < 4.78 is 1.02. The predicted octanol–water partition coefficient (Wildman–Crippen LogP) is 4.62. The van der Waals surface area contributed by atoms with Crippen molar-refractivity contribution in [2.75, 3.05) is 11.1 Å². The Labute approximate surface area is 152 Å². The highest BCUT2D eigenvalue weighted by atomic mass is 32.1. The predicted molar refractivity (Wildman–Crippen MR) is 109 cm³/mol. The first kappa shape index (κ1) is 14.9. The molecule has 0 amide bonds. The van der Waals surface area contributed by atoms with Gasteiger partial charge in [0.1, 0.15) is 0 Å². The molecule has 0 aliphatic carbocycles. The second kappa shape index (κ2) is 5.57. The molecule has 0 atom stereocenters. The number of fused-ring (bicyclic) bond motifs is 3. The van der Waals surface area contributed by atoms with E-state index in [9.17, 15) is 4.79 Å². The van der Waals surface area contributed by atoms with Gasteiger partial charge in [-0.25, -0.2) is 4.98 Å². The molecule has 5 rings (SSSR count). The highest BCUT2D eigenvalue weighted by Crippen LogP contribution is 2.31. The third-order valence-electron chi connectivity index (χ3n) is 4.39. The summed E-state index contributed by atoms with van der Waals surface area (Å²) in [6.07, 6.45) is 0. The van der Waals surface area contributed by atoms with Crippen LogP contribution in [-0.4, -0.2) is 9.97 Å². The molecule has 0 aliphatic heterocycles. The number of benzene rings is 3. The number of hydrogen-bond donors (Lipinski definition) is 3. The lowest BCUT2D eigenvalue weighted by Crippen LogP contribution is -2.05. The molecule has 0 radical (unpaired) electrons. The summed E-state index contributed by atoms with van der Waals surface area (Å²) in [6.45, 7) is 0. The standard InChI is InChI=1S/C20H14N4OS/c21-11-8-9-15-17(10-11)26-20(23-15)24-16-7-3-5-13-18(16)22-14-6-2-1-4-12(14)19(13)25/h1-10H,21H2,(H,22,25)(H,23,24). The Morgan fingerprint density at radius 2 is 1.85 bits per heavy atom. The number of nitrogens with two attached hydrogens (primary N) is 1. The molecule has 4 N–H and O–H groups in total. The lowest BCUT2D eigenvalue weighted by atomic mass is 10.1. The minimum absolute atomic E-state index is 0.0232. The van der Waals surface area contributed by atoms with Crippen LogP contribution in [0, 0.1) is 0 Å². The molecule has 0 aliphatic rings. The van der Waals surface area contributed by atoms with Gasteiger partial charge in [-0.3, -0.25) is 4.79 Å². The first-order valence-corrected chi connectivity index (χ1v) is 8.97. The Balaban J connectivity index is 1.69. The van der Waals surface area contributed by atoms with Crippen molar-refractivity contribution in [2.45, 2.75) is 0 Å². The summed E-state index contributed by atoms with van der Waals surface area (Å²) in [7, 11) is 0. The summed E-state index contributed by atoms with van der Waals surface area (Å²) in [4.78, 5) is 20.8. The second-order valence-electron chi connectivity index (χ2n) is 6.10. The fourth-order valence-electron chi connectivity index (χ4n) is 3.16. The van der Waals surface area contributed by atoms with Gasteiger partial charge in [-0.15, -0.1) is 0 Å². The largest absolute Gasteiger partial charge is 0.399 e. The van der Waals surface area contributed by atoms with Gasteiger partial charge in [0.2, 0.25) is 0 Å². The molecule has 5 nitrogen and oxygen atoms in total. The monoisotopic (exact) mass is 358 g/mol. The number of pyridine rings is 1. The van der Waals surface area contributed by atoms with E-state index >= 15 is 0 Å². The molecule has 6 heteroatoms. The van der Waals surface area contributed by atoms with Crippen molar-refractivity contribution in [1.82, 2.24) is 9.97 Å². The first-order chi connectivity index (χ1) is 12.7. The van der Waals surface area contributed by atoms with Crippen molar-refractivity contribution in [1.29, 1.82) is 0 Å². The van der Waals surface area contributed by atoms with Crippen molar-refractivity contribution >= 4 is 59.9 Å². The minimum atomic E-state index is 0.0232. The molecular weight excluding hydrogens is 344 g/mol. The molecule has 0 saturated heterocycles. The van der Waals surface area contributed by atoms with Crippen LogP contribution in [0.15, 0.2) is 65.5 Å². The fraction of sp³-hybridized carbons (Fsp3) is 0. The van der Waals surface area contributed by atoms with Crippen molar-refractivity contribution in [2.24, 2.45) is 0 Å². The van der Waals surface area contributed by atoms with E-state index in [1.165, 1.54) is 11.3 Å². The van der Waals surface area contributed by atoms with Gasteiger partial charge in [0.15, 0.2) is 10.6 Å². The molecule has 0 spiro atoms. The molecule has 126 valence electrons. The van der Waals surface area contributed by atoms with Gasteiger partial charge in [-0.2, -0.15) is 0 Å². The number of thiazole rings is 1. The Kier molecular flexibility index (Phi) is 3.20. The number of para-hydroxylation sites is 2. The summed E-state index contributed by atoms with van der Waals surface area (Å²) in [5.41, 5.74) is 9.89. The normalized spacial score (nSPS) is 11.4. The number of nitrogen functional groups attached to an aromatic ring is 1. The van der Waals surface area contributed by atoms with Crippen LogP contribution in [0.4, 0.5) is 16.5 Å². The van der Waals surface area contributed by atoms with E-state index < -0.39 is 0 Å². The zero-order chi connectivity index (χ0) is 17.7. The number of H-pyrrole nitrogens is 1. The maximum absolute atomic E-state index is 12.8. The van der Waals surface area contributed by atoms with Crippen LogP contribution in [-0.2, 0) is 0 Å². The number of anilines is 3.